The largest absolute Gasteiger partial charge is 0.477 e. The van der Waals surface area contributed by atoms with Crippen molar-refractivity contribution >= 4 is 29.5 Å². The van der Waals surface area contributed by atoms with Crippen LogP contribution >= 0.6 is 11.8 Å². The number of thioether (sulfide) groups is 1. The summed E-state index contributed by atoms with van der Waals surface area (Å²) in [6.45, 7) is 1.84. The Hall–Kier alpha value is -3.40. The molecule has 3 rings (SSSR count). The molecule has 138 valence electrons. The van der Waals surface area contributed by atoms with Gasteiger partial charge in [0, 0.05) is 18.6 Å². The Bertz CT molecular complexity index is 1020. The number of aliphatic carboxylic acids is 1. The molecule has 0 aliphatic heterocycles. The first-order valence-electron chi connectivity index (χ1n) is 7.76. The summed E-state index contributed by atoms with van der Waals surface area (Å²) in [7, 11) is 0. The molecule has 10 heteroatoms. The number of carbonyl (C=O) groups is 1. The lowest BCUT2D eigenvalue weighted by Gasteiger charge is -1.99. The van der Waals surface area contributed by atoms with Gasteiger partial charge >= 0.3 is 5.97 Å². The third-order valence-corrected chi connectivity index (χ3v) is 4.28. The van der Waals surface area contributed by atoms with E-state index in [4.69, 9.17) is 8.83 Å². The molecular weight excluding hydrogens is 374 g/mol. The molecule has 0 spiro atoms. The normalized spacial score (nSPS) is 11.5. The molecule has 2 heterocycles. The summed E-state index contributed by atoms with van der Waals surface area (Å²) in [5.41, 5.74) is 0.198. The van der Waals surface area contributed by atoms with Crippen LogP contribution in [0.2, 0.25) is 0 Å². The van der Waals surface area contributed by atoms with E-state index in [2.05, 4.69) is 10.2 Å². The molecule has 9 nitrogen and oxygen atoms in total. The first-order valence-corrected chi connectivity index (χ1v) is 8.58. The molecule has 0 unspecified atom stereocenters. The van der Waals surface area contributed by atoms with Crippen LogP contribution in [-0.2, 0) is 11.2 Å². The second-order valence-corrected chi connectivity index (χ2v) is 6.20. The summed E-state index contributed by atoms with van der Waals surface area (Å²) >= 11 is 0.794. The van der Waals surface area contributed by atoms with Crippen molar-refractivity contribution in [1.82, 2.24) is 10.2 Å². The first kappa shape index (κ1) is 18.4. The van der Waals surface area contributed by atoms with E-state index < -0.39 is 10.9 Å². The first-order chi connectivity index (χ1) is 13.0. The minimum absolute atomic E-state index is 0.0928. The Morgan fingerprint density at radius 3 is 2.70 bits per heavy atom. The highest BCUT2D eigenvalue weighted by Crippen LogP contribution is 2.33. The molecule has 27 heavy (non-hydrogen) atoms. The van der Waals surface area contributed by atoms with Crippen molar-refractivity contribution in [1.29, 1.82) is 0 Å². The maximum atomic E-state index is 11.5. The lowest BCUT2D eigenvalue weighted by atomic mass is 10.1. The Labute approximate surface area is 156 Å². The number of aromatic nitrogens is 2. The monoisotopic (exact) mass is 387 g/mol. The van der Waals surface area contributed by atoms with Crippen molar-refractivity contribution in [2.24, 2.45) is 0 Å². The van der Waals surface area contributed by atoms with Gasteiger partial charge in [0.1, 0.15) is 16.4 Å². The molecule has 0 aliphatic rings. The van der Waals surface area contributed by atoms with Gasteiger partial charge in [-0.2, -0.15) is 0 Å². The molecule has 0 bridgehead atoms. The van der Waals surface area contributed by atoms with Crippen LogP contribution in [0.15, 0.2) is 55.4 Å². The summed E-state index contributed by atoms with van der Waals surface area (Å²) in [5, 5.41) is 28.2. The third kappa shape index (κ3) is 4.23. The van der Waals surface area contributed by atoms with Crippen molar-refractivity contribution in [3.63, 3.8) is 0 Å². The number of hydrogen-bond acceptors (Lipinski definition) is 8. The zero-order chi connectivity index (χ0) is 19.4. The number of para-hydroxylation sites is 1. The van der Waals surface area contributed by atoms with Crippen LogP contribution < -0.4 is 0 Å². The average molecular weight is 387 g/mol. The van der Waals surface area contributed by atoms with Gasteiger partial charge in [0.25, 0.3) is 10.9 Å². The molecule has 0 radical (unpaired) electrons. The van der Waals surface area contributed by atoms with Gasteiger partial charge < -0.3 is 13.9 Å². The summed E-state index contributed by atoms with van der Waals surface area (Å²) < 4.78 is 10.9. The van der Waals surface area contributed by atoms with Crippen molar-refractivity contribution in [2.75, 3.05) is 0 Å². The van der Waals surface area contributed by atoms with Crippen LogP contribution in [0.5, 0.6) is 0 Å². The number of benzene rings is 1. The van der Waals surface area contributed by atoms with E-state index in [1.165, 1.54) is 18.2 Å². The predicted molar refractivity (Wildman–Crippen MR) is 95.9 cm³/mol. The molecule has 2 aromatic heterocycles. The van der Waals surface area contributed by atoms with E-state index in [1.54, 1.807) is 24.3 Å². The smallest absolute Gasteiger partial charge is 0.342 e. The highest BCUT2D eigenvalue weighted by atomic mass is 32.2. The highest BCUT2D eigenvalue weighted by Gasteiger charge is 2.19. The number of nitro groups is 1. The topological polar surface area (TPSA) is 132 Å². The number of carboxylic acids is 1. The summed E-state index contributed by atoms with van der Waals surface area (Å²) in [6, 6.07) is 9.20. The number of furan rings is 1. The Morgan fingerprint density at radius 1 is 1.26 bits per heavy atom. The Balaban J connectivity index is 1.90. The fraction of sp³-hybridized carbons (Fsp3) is 0.118. The van der Waals surface area contributed by atoms with Crippen molar-refractivity contribution < 1.29 is 23.7 Å². The van der Waals surface area contributed by atoms with E-state index in [-0.39, 0.29) is 27.3 Å². The minimum Gasteiger partial charge on any atom is -0.477 e. The van der Waals surface area contributed by atoms with E-state index in [0.717, 1.165) is 11.8 Å². The number of nitro benzene ring substituents is 1. The van der Waals surface area contributed by atoms with Crippen molar-refractivity contribution in [2.45, 2.75) is 18.6 Å². The van der Waals surface area contributed by atoms with Gasteiger partial charge in [0.15, 0.2) is 0 Å². The molecule has 0 aliphatic carbocycles. The van der Waals surface area contributed by atoms with Crippen LogP contribution in [0.4, 0.5) is 5.69 Å². The average Bonchev–Trinajstić information content (AvgIpc) is 3.30. The molecule has 0 saturated carbocycles. The van der Waals surface area contributed by atoms with Gasteiger partial charge in [-0.1, -0.05) is 19.1 Å². The van der Waals surface area contributed by atoms with Gasteiger partial charge in [-0.25, -0.2) is 4.79 Å². The van der Waals surface area contributed by atoms with Crippen LogP contribution in [0.1, 0.15) is 18.6 Å². The molecule has 3 aromatic rings. The van der Waals surface area contributed by atoms with Gasteiger partial charge in [0.05, 0.1) is 10.5 Å². The Morgan fingerprint density at radius 2 is 2.04 bits per heavy atom. The second-order valence-electron chi connectivity index (χ2n) is 5.21. The third-order valence-electron chi connectivity index (χ3n) is 3.43. The fourth-order valence-corrected chi connectivity index (χ4v) is 2.87. The maximum absolute atomic E-state index is 11.5. The molecule has 1 N–H and O–H groups in total. The summed E-state index contributed by atoms with van der Waals surface area (Å²) in [6.07, 6.45) is 1.83. The van der Waals surface area contributed by atoms with Gasteiger partial charge in [-0.15, -0.1) is 10.2 Å². The van der Waals surface area contributed by atoms with E-state index in [1.807, 2.05) is 6.92 Å². The van der Waals surface area contributed by atoms with Crippen LogP contribution in [0.25, 0.3) is 17.4 Å². The maximum Gasteiger partial charge on any atom is 0.342 e. The molecular formula is C17H13N3O6S. The quantitative estimate of drug-likeness (QED) is 0.276. The number of nitrogens with zero attached hydrogens (tertiary/aromatic N) is 3. The summed E-state index contributed by atoms with van der Waals surface area (Å²) in [4.78, 5) is 22.0. The van der Waals surface area contributed by atoms with E-state index in [0.29, 0.717) is 17.9 Å². The lowest BCUT2D eigenvalue weighted by Crippen LogP contribution is -1.96. The summed E-state index contributed by atoms with van der Waals surface area (Å²) in [5.74, 6) is -0.309. The zero-order valence-corrected chi connectivity index (χ0v) is 14.8. The molecule has 0 fully saturated rings. The van der Waals surface area contributed by atoms with Gasteiger partial charge in [-0.05, 0) is 30.0 Å². The van der Waals surface area contributed by atoms with Crippen LogP contribution in [0.3, 0.4) is 0 Å². The van der Waals surface area contributed by atoms with Gasteiger partial charge in [0.2, 0.25) is 5.89 Å². The van der Waals surface area contributed by atoms with E-state index in [9.17, 15) is 20.0 Å². The number of rotatable bonds is 7. The standard InChI is InChI=1S/C17H13N3O6S/c1-2-15-18-19-17(26-15)27-14(16(21)22)9-10-7-8-13(25-10)11-5-3-4-6-12(11)20(23)24/h3-9H,2H2,1H3,(H,21,22)/b14-9+. The van der Waals surface area contributed by atoms with Crippen molar-refractivity contribution in [3.8, 4) is 11.3 Å². The zero-order valence-electron chi connectivity index (χ0n) is 14.0. The van der Waals surface area contributed by atoms with E-state index >= 15 is 0 Å². The fourth-order valence-electron chi connectivity index (χ4n) is 2.20. The highest BCUT2D eigenvalue weighted by molar-refractivity contribution is 8.03. The van der Waals surface area contributed by atoms with Crippen molar-refractivity contribution in [3.05, 3.63) is 63.1 Å². The molecule has 0 atom stereocenters. The number of carboxylic acid groups (broad SMARTS) is 1. The lowest BCUT2D eigenvalue weighted by molar-refractivity contribution is -0.384. The number of hydrogen-bond donors (Lipinski definition) is 1. The predicted octanol–water partition coefficient (Wildman–Crippen LogP) is 4.02. The van der Waals surface area contributed by atoms with Crippen LogP contribution in [-0.4, -0.2) is 26.2 Å². The second kappa shape index (κ2) is 7.87. The molecule has 0 saturated heterocycles. The minimum atomic E-state index is -1.19. The van der Waals surface area contributed by atoms with Gasteiger partial charge in [-0.3, -0.25) is 10.1 Å². The molecule has 0 amide bonds. The molecule has 1 aromatic carbocycles. The number of aryl methyl sites for hydroxylation is 1. The Kier molecular flexibility index (Phi) is 5.36. The SMILES string of the molecule is CCc1nnc(S/C(=C/c2ccc(-c3ccccc3[N+](=O)[O-])o2)C(=O)O)o1. The van der Waals surface area contributed by atoms with Crippen LogP contribution in [0, 0.1) is 10.1 Å².